The van der Waals surface area contributed by atoms with Gasteiger partial charge < -0.3 is 5.32 Å². The highest BCUT2D eigenvalue weighted by Gasteiger charge is 2.15. The molecule has 0 atom stereocenters. The highest BCUT2D eigenvalue weighted by Crippen LogP contribution is 2.23. The summed E-state index contributed by atoms with van der Waals surface area (Å²) >= 11 is 0. The van der Waals surface area contributed by atoms with Crippen LogP contribution >= 0.6 is 0 Å². The Morgan fingerprint density at radius 1 is 1.50 bits per heavy atom. The second-order valence-corrected chi connectivity index (χ2v) is 4.15. The molecule has 1 aromatic rings. The van der Waals surface area contributed by atoms with Gasteiger partial charge in [-0.25, -0.2) is 0 Å². The van der Waals surface area contributed by atoms with Crippen LogP contribution in [0.25, 0.3) is 0 Å². The van der Waals surface area contributed by atoms with E-state index in [9.17, 15) is 10.1 Å². The van der Waals surface area contributed by atoms with Gasteiger partial charge in [-0.2, -0.15) is 0 Å². The van der Waals surface area contributed by atoms with Crippen LogP contribution in [0.4, 0.5) is 11.4 Å². The second-order valence-electron chi connectivity index (χ2n) is 4.15. The van der Waals surface area contributed by atoms with Crippen LogP contribution in [-0.2, 0) is 0 Å². The molecular formula is C12H14N2O2. The molecule has 4 nitrogen and oxygen atoms in total. The fourth-order valence-corrected chi connectivity index (χ4v) is 1.27. The predicted molar refractivity (Wildman–Crippen MR) is 64.4 cm³/mol. The molecule has 0 saturated carbocycles. The largest absolute Gasteiger partial charge is 0.369 e. The van der Waals surface area contributed by atoms with Gasteiger partial charge in [0.15, 0.2) is 0 Å². The number of benzene rings is 1. The van der Waals surface area contributed by atoms with Gasteiger partial charge in [0.25, 0.3) is 5.69 Å². The molecule has 0 heterocycles. The zero-order valence-corrected chi connectivity index (χ0v) is 9.57. The zero-order valence-electron chi connectivity index (χ0n) is 9.57. The molecule has 0 saturated heterocycles. The van der Waals surface area contributed by atoms with Crippen molar-refractivity contribution in [3.63, 3.8) is 0 Å². The van der Waals surface area contributed by atoms with Crippen LogP contribution < -0.4 is 5.32 Å². The molecule has 0 radical (unpaired) electrons. The second kappa shape index (κ2) is 4.23. The van der Waals surface area contributed by atoms with E-state index in [0.29, 0.717) is 0 Å². The van der Waals surface area contributed by atoms with E-state index in [-0.39, 0.29) is 5.69 Å². The SMILES string of the molecule is C#CC(C)(C)Nc1ccc([N+](=O)[O-])cc1C. The molecule has 0 bridgehead atoms. The third-order valence-corrected chi connectivity index (χ3v) is 2.23. The van der Waals surface area contributed by atoms with Gasteiger partial charge >= 0.3 is 0 Å². The van der Waals surface area contributed by atoms with Crippen LogP contribution in [0.3, 0.4) is 0 Å². The van der Waals surface area contributed by atoms with Crippen molar-refractivity contribution in [1.29, 1.82) is 0 Å². The molecule has 1 rings (SSSR count). The summed E-state index contributed by atoms with van der Waals surface area (Å²) in [7, 11) is 0. The Hall–Kier alpha value is -2.02. The minimum Gasteiger partial charge on any atom is -0.369 e. The van der Waals surface area contributed by atoms with E-state index in [1.165, 1.54) is 12.1 Å². The number of anilines is 1. The number of aryl methyl sites for hydroxylation is 1. The van der Waals surface area contributed by atoms with Gasteiger partial charge in [0.05, 0.1) is 10.5 Å². The number of hydrogen-bond acceptors (Lipinski definition) is 3. The quantitative estimate of drug-likeness (QED) is 0.482. The number of nitro benzene ring substituents is 1. The van der Waals surface area contributed by atoms with E-state index < -0.39 is 10.5 Å². The van der Waals surface area contributed by atoms with Crippen molar-refractivity contribution >= 4 is 11.4 Å². The fourth-order valence-electron chi connectivity index (χ4n) is 1.27. The molecule has 16 heavy (non-hydrogen) atoms. The van der Waals surface area contributed by atoms with Gasteiger partial charge in [-0.1, -0.05) is 5.92 Å². The minimum absolute atomic E-state index is 0.0848. The summed E-state index contributed by atoms with van der Waals surface area (Å²) in [5, 5.41) is 13.7. The van der Waals surface area contributed by atoms with Crippen LogP contribution in [0.1, 0.15) is 19.4 Å². The molecule has 0 unspecified atom stereocenters. The van der Waals surface area contributed by atoms with Crippen LogP contribution in [0.15, 0.2) is 18.2 Å². The van der Waals surface area contributed by atoms with Crippen molar-refractivity contribution in [3.8, 4) is 12.3 Å². The first-order valence-electron chi connectivity index (χ1n) is 4.87. The molecule has 0 aromatic heterocycles. The summed E-state index contributed by atoms with van der Waals surface area (Å²) < 4.78 is 0. The van der Waals surface area contributed by atoms with Gasteiger partial charge in [-0.15, -0.1) is 6.42 Å². The number of rotatable bonds is 3. The lowest BCUT2D eigenvalue weighted by Crippen LogP contribution is -2.28. The van der Waals surface area contributed by atoms with Crippen LogP contribution in [-0.4, -0.2) is 10.5 Å². The van der Waals surface area contributed by atoms with Crippen molar-refractivity contribution in [3.05, 3.63) is 33.9 Å². The van der Waals surface area contributed by atoms with Crippen molar-refractivity contribution < 1.29 is 4.92 Å². The summed E-state index contributed by atoms with van der Waals surface area (Å²) in [4.78, 5) is 10.1. The third kappa shape index (κ3) is 2.74. The summed E-state index contributed by atoms with van der Waals surface area (Å²) in [6.07, 6.45) is 5.36. The van der Waals surface area contributed by atoms with E-state index in [2.05, 4.69) is 11.2 Å². The maximum Gasteiger partial charge on any atom is 0.269 e. The minimum atomic E-state index is -0.471. The summed E-state index contributed by atoms with van der Waals surface area (Å²) in [6, 6.07) is 4.66. The lowest BCUT2D eigenvalue weighted by molar-refractivity contribution is -0.384. The van der Waals surface area contributed by atoms with Gasteiger partial charge in [0.1, 0.15) is 0 Å². The summed E-state index contributed by atoms with van der Waals surface area (Å²) in [5.41, 5.74) is 1.23. The van der Waals surface area contributed by atoms with Crippen molar-refractivity contribution in [2.45, 2.75) is 26.3 Å². The Balaban J connectivity index is 3.02. The molecule has 1 N–H and O–H groups in total. The van der Waals surface area contributed by atoms with E-state index in [1.807, 2.05) is 20.8 Å². The molecule has 0 amide bonds. The Morgan fingerprint density at radius 2 is 2.12 bits per heavy atom. The smallest absolute Gasteiger partial charge is 0.269 e. The standard InChI is InChI=1S/C12H14N2O2/c1-5-12(3,4)13-11-7-6-10(14(15)16)8-9(11)2/h1,6-8,13H,2-4H3. The third-order valence-electron chi connectivity index (χ3n) is 2.23. The molecule has 0 aliphatic carbocycles. The van der Waals surface area contributed by atoms with Crippen molar-refractivity contribution in [2.75, 3.05) is 5.32 Å². The van der Waals surface area contributed by atoms with Crippen LogP contribution in [0.5, 0.6) is 0 Å². The maximum absolute atomic E-state index is 10.6. The molecule has 84 valence electrons. The first-order valence-corrected chi connectivity index (χ1v) is 4.87. The molecule has 0 aliphatic heterocycles. The number of nitrogens with one attached hydrogen (secondary N) is 1. The lowest BCUT2D eigenvalue weighted by atomic mass is 10.1. The molecule has 0 fully saturated rings. The van der Waals surface area contributed by atoms with Crippen molar-refractivity contribution in [1.82, 2.24) is 0 Å². The van der Waals surface area contributed by atoms with Crippen LogP contribution in [0.2, 0.25) is 0 Å². The summed E-state index contributed by atoms with van der Waals surface area (Å²) in [6.45, 7) is 5.55. The average Bonchev–Trinajstić information content (AvgIpc) is 2.20. The first-order chi connectivity index (χ1) is 7.35. The van der Waals surface area contributed by atoms with Crippen molar-refractivity contribution in [2.24, 2.45) is 0 Å². The molecule has 1 aromatic carbocycles. The van der Waals surface area contributed by atoms with Crippen LogP contribution in [0, 0.1) is 29.4 Å². The lowest BCUT2D eigenvalue weighted by Gasteiger charge is -2.22. The topological polar surface area (TPSA) is 55.2 Å². The highest BCUT2D eigenvalue weighted by molar-refractivity contribution is 5.57. The zero-order chi connectivity index (χ0) is 12.3. The van der Waals surface area contributed by atoms with E-state index in [0.717, 1.165) is 11.3 Å². The molecule has 0 aliphatic rings. The van der Waals surface area contributed by atoms with Gasteiger partial charge in [0, 0.05) is 17.8 Å². The Labute approximate surface area is 94.8 Å². The molecule has 4 heteroatoms. The van der Waals surface area contributed by atoms with E-state index in [1.54, 1.807) is 6.07 Å². The predicted octanol–water partition coefficient (Wildman–Crippen LogP) is 2.73. The summed E-state index contributed by atoms with van der Waals surface area (Å²) in [5.74, 6) is 2.61. The fraction of sp³-hybridized carbons (Fsp3) is 0.333. The Bertz CT molecular complexity index is 459. The number of nitro groups is 1. The monoisotopic (exact) mass is 218 g/mol. The molecule has 0 spiro atoms. The average molecular weight is 218 g/mol. The number of hydrogen-bond donors (Lipinski definition) is 1. The Kier molecular flexibility index (Phi) is 3.19. The normalized spacial score (nSPS) is 10.6. The number of terminal acetylenes is 1. The van der Waals surface area contributed by atoms with Gasteiger partial charge in [-0.3, -0.25) is 10.1 Å². The van der Waals surface area contributed by atoms with E-state index in [4.69, 9.17) is 6.42 Å². The highest BCUT2D eigenvalue weighted by atomic mass is 16.6. The number of nitrogens with zero attached hydrogens (tertiary/aromatic N) is 1. The first kappa shape index (κ1) is 12.1. The van der Waals surface area contributed by atoms with E-state index >= 15 is 0 Å². The Morgan fingerprint density at radius 3 is 2.56 bits per heavy atom. The maximum atomic E-state index is 10.6. The molecular weight excluding hydrogens is 204 g/mol. The van der Waals surface area contributed by atoms with Gasteiger partial charge in [-0.05, 0) is 32.4 Å². The number of non-ortho nitro benzene ring substituents is 1. The van der Waals surface area contributed by atoms with Gasteiger partial charge in [0.2, 0.25) is 0 Å².